The van der Waals surface area contributed by atoms with E-state index in [0.29, 0.717) is 30.4 Å². The van der Waals surface area contributed by atoms with Crippen LogP contribution in [0, 0.1) is 20.8 Å². The highest BCUT2D eigenvalue weighted by Gasteiger charge is 2.21. The van der Waals surface area contributed by atoms with E-state index < -0.39 is 12.1 Å². The van der Waals surface area contributed by atoms with E-state index in [1.165, 1.54) is 0 Å². The number of hydrogen-bond acceptors (Lipinski definition) is 5. The topological polar surface area (TPSA) is 81.8 Å². The highest BCUT2D eigenvalue weighted by atomic mass is 16.5. The zero-order valence-electron chi connectivity index (χ0n) is 23.5. The Labute approximate surface area is 240 Å². The quantitative estimate of drug-likeness (QED) is 0.183. The average Bonchev–Trinajstić information content (AvgIpc) is 3.36. The molecule has 0 radical (unpaired) electrons. The number of ether oxygens (including phenoxy) is 2. The summed E-state index contributed by atoms with van der Waals surface area (Å²) in [5.41, 5.74) is 6.89. The van der Waals surface area contributed by atoms with Crippen molar-refractivity contribution >= 4 is 5.97 Å². The van der Waals surface area contributed by atoms with Crippen LogP contribution < -0.4 is 9.47 Å². The number of aryl methyl sites for hydroxylation is 2. The first kappa shape index (κ1) is 27.7. The third-order valence-electron chi connectivity index (χ3n) is 7.16. The van der Waals surface area contributed by atoms with Gasteiger partial charge >= 0.3 is 5.97 Å². The molecule has 0 bridgehead atoms. The van der Waals surface area contributed by atoms with Gasteiger partial charge in [-0.2, -0.15) is 0 Å². The zero-order chi connectivity index (χ0) is 28.8. The minimum absolute atomic E-state index is 0.245. The summed E-state index contributed by atoms with van der Waals surface area (Å²) in [6.45, 7) is 6.26. The van der Waals surface area contributed by atoms with Crippen molar-refractivity contribution in [3.05, 3.63) is 125 Å². The first-order chi connectivity index (χ1) is 19.9. The van der Waals surface area contributed by atoms with Gasteiger partial charge in [-0.25, -0.2) is 9.78 Å². The summed E-state index contributed by atoms with van der Waals surface area (Å²) in [5.74, 6) is 1.66. The molecule has 1 aromatic heterocycles. The molecule has 0 aliphatic rings. The maximum absolute atomic E-state index is 11.9. The monoisotopic (exact) mass is 547 g/mol. The number of oxazole rings is 1. The Balaban J connectivity index is 1.17. The number of rotatable bonds is 11. The molecule has 0 aliphatic carbocycles. The van der Waals surface area contributed by atoms with E-state index in [2.05, 4.69) is 24.3 Å². The van der Waals surface area contributed by atoms with E-state index in [1.807, 2.05) is 87.5 Å². The van der Waals surface area contributed by atoms with E-state index in [0.717, 1.165) is 44.8 Å². The number of benzene rings is 4. The van der Waals surface area contributed by atoms with Crippen molar-refractivity contribution in [3.63, 3.8) is 0 Å². The lowest BCUT2D eigenvalue weighted by Gasteiger charge is -2.18. The summed E-state index contributed by atoms with van der Waals surface area (Å²) in [6.07, 6.45) is -0.143. The molecule has 0 aliphatic heterocycles. The molecule has 0 spiro atoms. The van der Waals surface area contributed by atoms with E-state index in [9.17, 15) is 9.90 Å². The largest absolute Gasteiger partial charge is 0.493 e. The fraction of sp³-hybridized carbons (Fsp3) is 0.200. The SMILES string of the molecule is Cc1cccc(OC(Cc2ccc(OCCc3nc(-c4cccc(-c5ccccc5)c4)oc3C)cc2)C(=O)O)c1C. The fourth-order valence-corrected chi connectivity index (χ4v) is 4.63. The van der Waals surface area contributed by atoms with Crippen LogP contribution in [0.15, 0.2) is 101 Å². The van der Waals surface area contributed by atoms with Crippen molar-refractivity contribution < 1.29 is 23.8 Å². The van der Waals surface area contributed by atoms with Crippen LogP contribution in [-0.4, -0.2) is 28.8 Å². The smallest absolute Gasteiger partial charge is 0.345 e. The van der Waals surface area contributed by atoms with Crippen molar-refractivity contribution in [2.45, 2.75) is 39.7 Å². The minimum atomic E-state index is -1.000. The molecule has 1 N–H and O–H groups in total. The summed E-state index contributed by atoms with van der Waals surface area (Å²) in [6, 6.07) is 31.5. The fourth-order valence-electron chi connectivity index (χ4n) is 4.63. The molecular formula is C35H33NO5. The molecule has 6 nitrogen and oxygen atoms in total. The Kier molecular flexibility index (Phi) is 8.49. The van der Waals surface area contributed by atoms with Gasteiger partial charge in [-0.05, 0) is 78.9 Å². The summed E-state index contributed by atoms with van der Waals surface area (Å²) in [4.78, 5) is 16.6. The lowest BCUT2D eigenvalue weighted by Crippen LogP contribution is -2.29. The predicted octanol–water partition coefficient (Wildman–Crippen LogP) is 7.63. The molecule has 0 saturated carbocycles. The molecule has 208 valence electrons. The van der Waals surface area contributed by atoms with Crippen molar-refractivity contribution in [2.75, 3.05) is 6.61 Å². The minimum Gasteiger partial charge on any atom is -0.493 e. The van der Waals surface area contributed by atoms with Gasteiger partial charge < -0.3 is 19.0 Å². The highest BCUT2D eigenvalue weighted by molar-refractivity contribution is 5.73. The maximum atomic E-state index is 11.9. The van der Waals surface area contributed by atoms with Crippen molar-refractivity contribution in [1.82, 2.24) is 4.98 Å². The number of carboxylic acids is 1. The molecule has 41 heavy (non-hydrogen) atoms. The molecule has 0 saturated heterocycles. The molecule has 5 aromatic rings. The predicted molar refractivity (Wildman–Crippen MR) is 159 cm³/mol. The Bertz CT molecular complexity index is 1620. The number of aliphatic carboxylic acids is 1. The first-order valence-electron chi connectivity index (χ1n) is 13.7. The Morgan fingerprint density at radius 1 is 0.854 bits per heavy atom. The van der Waals surface area contributed by atoms with Gasteiger partial charge in [0, 0.05) is 18.4 Å². The van der Waals surface area contributed by atoms with Gasteiger partial charge in [0.2, 0.25) is 5.89 Å². The molecule has 1 unspecified atom stereocenters. The van der Waals surface area contributed by atoms with Gasteiger partial charge in [0.1, 0.15) is 17.3 Å². The molecule has 1 heterocycles. The van der Waals surface area contributed by atoms with Crippen LogP contribution in [0.4, 0.5) is 0 Å². The van der Waals surface area contributed by atoms with Crippen molar-refractivity contribution in [2.24, 2.45) is 0 Å². The van der Waals surface area contributed by atoms with E-state index in [4.69, 9.17) is 18.9 Å². The summed E-state index contributed by atoms with van der Waals surface area (Å²) in [5, 5.41) is 9.73. The molecule has 0 amide bonds. The molecule has 1 atom stereocenters. The van der Waals surface area contributed by atoms with Crippen LogP contribution >= 0.6 is 0 Å². The van der Waals surface area contributed by atoms with Crippen molar-refractivity contribution in [1.29, 1.82) is 0 Å². The van der Waals surface area contributed by atoms with Crippen LogP contribution in [0.1, 0.15) is 28.1 Å². The number of nitrogens with zero attached hydrogens (tertiary/aromatic N) is 1. The van der Waals surface area contributed by atoms with Gasteiger partial charge in [0.05, 0.1) is 12.3 Å². The molecule has 5 rings (SSSR count). The summed E-state index contributed by atoms with van der Waals surface area (Å²) < 4.78 is 17.8. The number of hydrogen-bond donors (Lipinski definition) is 1. The Morgan fingerprint density at radius 3 is 2.32 bits per heavy atom. The Morgan fingerprint density at radius 2 is 1.56 bits per heavy atom. The van der Waals surface area contributed by atoms with Crippen molar-refractivity contribution in [3.8, 4) is 34.1 Å². The second-order valence-corrected chi connectivity index (χ2v) is 10.1. The van der Waals surface area contributed by atoms with Gasteiger partial charge in [-0.15, -0.1) is 0 Å². The zero-order valence-corrected chi connectivity index (χ0v) is 23.5. The van der Waals surface area contributed by atoms with Crippen LogP contribution in [0.3, 0.4) is 0 Å². The van der Waals surface area contributed by atoms with E-state index in [1.54, 1.807) is 6.07 Å². The van der Waals surface area contributed by atoms with E-state index in [-0.39, 0.29) is 6.42 Å². The van der Waals surface area contributed by atoms with Crippen LogP contribution in [0.25, 0.3) is 22.6 Å². The second-order valence-electron chi connectivity index (χ2n) is 10.1. The number of aromatic nitrogens is 1. The normalized spacial score (nSPS) is 11.7. The third kappa shape index (κ3) is 6.84. The van der Waals surface area contributed by atoms with E-state index >= 15 is 0 Å². The van der Waals surface area contributed by atoms with Gasteiger partial charge in [0.15, 0.2) is 6.10 Å². The lowest BCUT2D eigenvalue weighted by atomic mass is 10.0. The second kappa shape index (κ2) is 12.6. The molecule has 6 heteroatoms. The molecular weight excluding hydrogens is 514 g/mol. The summed E-state index contributed by atoms with van der Waals surface area (Å²) >= 11 is 0. The highest BCUT2D eigenvalue weighted by Crippen LogP contribution is 2.28. The number of carbonyl (C=O) groups is 1. The van der Waals surface area contributed by atoms with Gasteiger partial charge in [-0.3, -0.25) is 0 Å². The van der Waals surface area contributed by atoms with Crippen LogP contribution in [0.2, 0.25) is 0 Å². The van der Waals surface area contributed by atoms with Crippen LogP contribution in [-0.2, 0) is 17.6 Å². The first-order valence-corrected chi connectivity index (χ1v) is 13.7. The standard InChI is InChI=1S/C35H33NO5/c1-23-9-7-14-32(24(23)2)41-33(35(37)38)21-26-15-17-30(18-16-26)39-20-19-31-25(3)40-34(36-31)29-13-8-12-28(22-29)27-10-5-4-6-11-27/h4-18,22,33H,19-21H2,1-3H3,(H,37,38). The molecule has 4 aromatic carbocycles. The summed E-state index contributed by atoms with van der Waals surface area (Å²) in [7, 11) is 0. The van der Waals surface area contributed by atoms with Crippen LogP contribution in [0.5, 0.6) is 11.5 Å². The average molecular weight is 548 g/mol. The lowest BCUT2D eigenvalue weighted by molar-refractivity contribution is -0.145. The van der Waals surface area contributed by atoms with Gasteiger partial charge in [-0.1, -0.05) is 66.7 Å². The maximum Gasteiger partial charge on any atom is 0.345 e. The van der Waals surface area contributed by atoms with Gasteiger partial charge in [0.25, 0.3) is 0 Å². The number of carboxylic acid groups (broad SMARTS) is 1. The Hall–Kier alpha value is -4.84. The molecule has 0 fully saturated rings. The third-order valence-corrected chi connectivity index (χ3v) is 7.16.